The van der Waals surface area contributed by atoms with E-state index in [2.05, 4.69) is 117 Å². The summed E-state index contributed by atoms with van der Waals surface area (Å²) in [7, 11) is 0. The Labute approximate surface area is 290 Å². The minimum absolute atomic E-state index is 0. The van der Waals surface area contributed by atoms with Crippen LogP contribution in [0.5, 0.6) is 11.5 Å². The maximum absolute atomic E-state index is 6.48. The van der Waals surface area contributed by atoms with Crippen molar-refractivity contribution in [3.05, 3.63) is 131 Å². The van der Waals surface area contributed by atoms with Crippen molar-refractivity contribution in [1.82, 2.24) is 19.3 Å². The van der Waals surface area contributed by atoms with Crippen LogP contribution in [0.1, 0.15) is 54.8 Å². The van der Waals surface area contributed by atoms with Crippen LogP contribution in [-0.4, -0.2) is 19.3 Å². The Balaban J connectivity index is 0.00000386. The van der Waals surface area contributed by atoms with Crippen molar-refractivity contribution in [1.29, 1.82) is 0 Å². The fourth-order valence-electron chi connectivity index (χ4n) is 6.63. The molecule has 4 aromatic carbocycles. The molecule has 0 atom stereocenters. The maximum Gasteiger partial charge on any atom is 2.00 e. The van der Waals surface area contributed by atoms with Gasteiger partial charge < -0.3 is 9.30 Å². The normalized spacial score (nSPS) is 11.3. The van der Waals surface area contributed by atoms with E-state index in [1.807, 2.05) is 30.5 Å². The smallest absolute Gasteiger partial charge is 0.509 e. The second-order valence-electron chi connectivity index (χ2n) is 12.1. The minimum Gasteiger partial charge on any atom is -0.509 e. The van der Waals surface area contributed by atoms with Gasteiger partial charge in [-0.25, -0.2) is 4.98 Å². The van der Waals surface area contributed by atoms with Gasteiger partial charge in [-0.2, -0.15) is 17.2 Å². The number of aromatic nitrogens is 4. The second-order valence-corrected chi connectivity index (χ2v) is 12.1. The first kappa shape index (κ1) is 32.4. The fraction of sp³-hybridized carbons (Fsp3) is 0.220. The standard InChI is InChI=1S/C41H38N4O.Pd/c1-6-12-35-41(40-28(4)14-10-15-29(40)5)37(13-7-2)45(43-35)30-16-11-17-31(25-30)46-32-20-21-34-33-18-8-9-19-36(33)44(38(34)26-32)39-24-27(3)22-23-42-39;/h8-11,14-24H,6-7,12-13H2,1-5H3;/q-2;+2. The molecule has 0 radical (unpaired) electrons. The van der Waals surface area contributed by atoms with Crippen LogP contribution in [0.4, 0.5) is 0 Å². The van der Waals surface area contributed by atoms with Crippen LogP contribution < -0.4 is 4.74 Å². The number of benzene rings is 4. The molecule has 7 aromatic rings. The quantitative estimate of drug-likeness (QED) is 0.111. The third-order valence-corrected chi connectivity index (χ3v) is 8.65. The molecule has 3 heterocycles. The van der Waals surface area contributed by atoms with Crippen molar-refractivity contribution in [3.8, 4) is 34.1 Å². The largest absolute Gasteiger partial charge is 2.00 e. The van der Waals surface area contributed by atoms with Crippen LogP contribution in [0.25, 0.3) is 44.4 Å². The zero-order chi connectivity index (χ0) is 31.8. The first-order chi connectivity index (χ1) is 22.5. The van der Waals surface area contributed by atoms with Gasteiger partial charge in [0.2, 0.25) is 0 Å². The minimum atomic E-state index is 0. The van der Waals surface area contributed by atoms with Gasteiger partial charge in [0.05, 0.1) is 5.69 Å². The average molecular weight is 709 g/mol. The molecule has 0 N–H and O–H groups in total. The summed E-state index contributed by atoms with van der Waals surface area (Å²) < 4.78 is 10.7. The number of hydrogen-bond acceptors (Lipinski definition) is 3. The second kappa shape index (κ2) is 13.7. The van der Waals surface area contributed by atoms with Crippen molar-refractivity contribution in [2.24, 2.45) is 0 Å². The van der Waals surface area contributed by atoms with Gasteiger partial charge in [-0.1, -0.05) is 68.6 Å². The molecule has 0 saturated heterocycles. The van der Waals surface area contributed by atoms with Gasteiger partial charge in [0.15, 0.2) is 0 Å². The summed E-state index contributed by atoms with van der Waals surface area (Å²) in [5, 5.41) is 7.48. The third-order valence-electron chi connectivity index (χ3n) is 8.65. The Morgan fingerprint density at radius 1 is 0.723 bits per heavy atom. The Kier molecular flexibility index (Phi) is 9.45. The molecule has 0 fully saturated rings. The summed E-state index contributed by atoms with van der Waals surface area (Å²) in [6, 6.07) is 36.3. The van der Waals surface area contributed by atoms with Crippen LogP contribution in [0.15, 0.2) is 91.1 Å². The Morgan fingerprint density at radius 2 is 1.47 bits per heavy atom. The van der Waals surface area contributed by atoms with Crippen LogP contribution in [-0.2, 0) is 33.3 Å². The molecule has 0 aliphatic heterocycles. The maximum atomic E-state index is 6.48. The first-order valence-corrected chi connectivity index (χ1v) is 16.2. The van der Waals surface area contributed by atoms with Crippen LogP contribution >= 0.6 is 0 Å². The summed E-state index contributed by atoms with van der Waals surface area (Å²) in [5.41, 5.74) is 11.5. The zero-order valence-electron chi connectivity index (χ0n) is 27.5. The molecule has 0 bridgehead atoms. The van der Waals surface area contributed by atoms with E-state index in [0.29, 0.717) is 11.5 Å². The molecule has 0 aliphatic rings. The number of nitrogens with zero attached hydrogens (tertiary/aromatic N) is 4. The molecular formula is C41H38N4OPd. The molecular weight excluding hydrogens is 671 g/mol. The Bertz CT molecular complexity index is 2190. The predicted molar refractivity (Wildman–Crippen MR) is 188 cm³/mol. The van der Waals surface area contributed by atoms with E-state index >= 15 is 0 Å². The van der Waals surface area contributed by atoms with Gasteiger partial charge in [0.25, 0.3) is 0 Å². The number of para-hydroxylation sites is 1. The van der Waals surface area contributed by atoms with E-state index < -0.39 is 0 Å². The van der Waals surface area contributed by atoms with Gasteiger partial charge in [-0.05, 0) is 85.1 Å². The van der Waals surface area contributed by atoms with Crippen LogP contribution in [0, 0.1) is 32.9 Å². The SMILES string of the molecule is CCCc1nn(-c2[c-]c(Oc3[c-]c4c(cc3)c3ccccc3n4-c3cc(C)ccn3)ccc2)c(CCC)c1-c1c(C)cccc1C.[Pd+2]. The van der Waals surface area contributed by atoms with Crippen molar-refractivity contribution < 1.29 is 25.2 Å². The van der Waals surface area contributed by atoms with E-state index in [1.165, 1.54) is 27.9 Å². The number of aryl methyl sites for hydroxylation is 4. The summed E-state index contributed by atoms with van der Waals surface area (Å²) in [5.74, 6) is 2.10. The third kappa shape index (κ3) is 6.05. The summed E-state index contributed by atoms with van der Waals surface area (Å²) in [6.45, 7) is 10.9. The molecule has 47 heavy (non-hydrogen) atoms. The van der Waals surface area contributed by atoms with Gasteiger partial charge in [0.1, 0.15) is 5.82 Å². The monoisotopic (exact) mass is 708 g/mol. The van der Waals surface area contributed by atoms with E-state index in [0.717, 1.165) is 70.3 Å². The molecule has 0 unspecified atom stereocenters. The molecule has 5 nitrogen and oxygen atoms in total. The van der Waals surface area contributed by atoms with Crippen molar-refractivity contribution >= 4 is 21.8 Å². The summed E-state index contributed by atoms with van der Waals surface area (Å²) in [6.07, 6.45) is 5.74. The topological polar surface area (TPSA) is 44.9 Å². The van der Waals surface area contributed by atoms with Gasteiger partial charge in [-0.15, -0.1) is 35.7 Å². The molecule has 238 valence electrons. The van der Waals surface area contributed by atoms with Crippen LogP contribution in [0.2, 0.25) is 0 Å². The van der Waals surface area contributed by atoms with E-state index in [-0.39, 0.29) is 20.4 Å². The fourth-order valence-corrected chi connectivity index (χ4v) is 6.63. The molecule has 3 aromatic heterocycles. The van der Waals surface area contributed by atoms with Crippen molar-refractivity contribution in [2.45, 2.75) is 60.3 Å². The molecule has 7 rings (SSSR count). The molecule has 0 amide bonds. The zero-order valence-corrected chi connectivity index (χ0v) is 29.1. The van der Waals surface area contributed by atoms with E-state index in [1.54, 1.807) is 0 Å². The van der Waals surface area contributed by atoms with Crippen LogP contribution in [0.3, 0.4) is 0 Å². The predicted octanol–water partition coefficient (Wildman–Crippen LogP) is 10.3. The van der Waals surface area contributed by atoms with Gasteiger partial charge in [0, 0.05) is 34.5 Å². The van der Waals surface area contributed by atoms with Crippen molar-refractivity contribution in [2.75, 3.05) is 0 Å². The first-order valence-electron chi connectivity index (χ1n) is 16.2. The summed E-state index contributed by atoms with van der Waals surface area (Å²) in [4.78, 5) is 4.71. The Hall–Kier alpha value is -4.50. The average Bonchev–Trinajstić information content (AvgIpc) is 3.57. The Morgan fingerprint density at radius 3 is 2.23 bits per heavy atom. The van der Waals surface area contributed by atoms with Gasteiger partial charge in [-0.3, -0.25) is 4.68 Å². The number of fused-ring (bicyclic) bond motifs is 3. The van der Waals surface area contributed by atoms with E-state index in [4.69, 9.17) is 14.8 Å². The number of pyridine rings is 1. The molecule has 0 spiro atoms. The molecule has 0 saturated carbocycles. The number of hydrogen-bond donors (Lipinski definition) is 0. The van der Waals surface area contributed by atoms with E-state index in [9.17, 15) is 0 Å². The number of rotatable bonds is 9. The molecule has 6 heteroatoms. The molecule has 0 aliphatic carbocycles. The number of ether oxygens (including phenoxy) is 1. The van der Waals surface area contributed by atoms with Gasteiger partial charge >= 0.3 is 20.4 Å². The van der Waals surface area contributed by atoms with Crippen molar-refractivity contribution in [3.63, 3.8) is 0 Å². The summed E-state index contributed by atoms with van der Waals surface area (Å²) >= 11 is 0.